The third-order valence-electron chi connectivity index (χ3n) is 6.64. The standard InChI is InChI=1S/C28H32F3N3O2/c1-17(28(29,30)31)9-10-19-14-24(23-13-18(2)34(35)25-22(23)11-12-32-25)26(33-16-19)36-21-8-6-7-20(15-21)27(3,4)5/h6-8,11-13,15-17,33,35H,9-10,14H2,1-5H3. The number of ether oxygens (including phenoxy) is 1. The first kappa shape index (κ1) is 25.7. The van der Waals surface area contributed by atoms with Crippen LogP contribution in [0.3, 0.4) is 0 Å². The lowest BCUT2D eigenvalue weighted by Gasteiger charge is -2.26. The Kier molecular flexibility index (Phi) is 6.82. The van der Waals surface area contributed by atoms with Crippen LogP contribution in [0.4, 0.5) is 13.2 Å². The van der Waals surface area contributed by atoms with Gasteiger partial charge in [0.2, 0.25) is 5.88 Å². The van der Waals surface area contributed by atoms with Gasteiger partial charge in [-0.15, -0.1) is 0 Å². The smallest absolute Gasteiger partial charge is 0.391 e. The number of aromatic nitrogens is 2. The molecule has 36 heavy (non-hydrogen) atoms. The molecule has 0 aromatic heterocycles. The van der Waals surface area contributed by atoms with Gasteiger partial charge in [-0.05, 0) is 66.1 Å². The number of hydrogen-bond acceptors (Lipinski definition) is 4. The minimum Gasteiger partial charge on any atom is -0.441 e. The average Bonchev–Trinajstić information content (AvgIpc) is 3.30. The number of pyridine rings is 1. The Hall–Kier alpha value is -3.42. The average molecular weight is 500 g/mol. The van der Waals surface area contributed by atoms with Gasteiger partial charge in [0.15, 0.2) is 5.82 Å². The molecule has 0 radical (unpaired) electrons. The van der Waals surface area contributed by atoms with E-state index in [0.29, 0.717) is 36.0 Å². The van der Waals surface area contributed by atoms with Crippen LogP contribution < -0.4 is 10.1 Å². The molecular formula is C28H32F3N3O2. The first-order valence-corrected chi connectivity index (χ1v) is 12.0. The van der Waals surface area contributed by atoms with Crippen LogP contribution in [-0.4, -0.2) is 21.1 Å². The molecule has 0 amide bonds. The number of dihydropyridines is 1. The highest BCUT2D eigenvalue weighted by molar-refractivity contribution is 5.82. The van der Waals surface area contributed by atoms with Gasteiger partial charge in [0.25, 0.3) is 0 Å². The fraction of sp³-hybridized carbons (Fsp3) is 0.393. The number of rotatable bonds is 6. The summed E-state index contributed by atoms with van der Waals surface area (Å²) in [4.78, 5) is 4.28. The molecular weight excluding hydrogens is 467 g/mol. The molecule has 0 aliphatic carbocycles. The number of fused-ring (bicyclic) bond motifs is 1. The van der Waals surface area contributed by atoms with Crippen LogP contribution in [-0.2, 0) is 5.41 Å². The molecule has 8 heteroatoms. The topological polar surface area (TPSA) is 59.3 Å². The lowest BCUT2D eigenvalue weighted by molar-refractivity contribution is -0.170. The van der Waals surface area contributed by atoms with Gasteiger partial charge in [0.05, 0.1) is 11.6 Å². The Balaban J connectivity index is 1.71. The molecule has 0 saturated carbocycles. The molecule has 5 nitrogen and oxygen atoms in total. The number of hydrogen-bond donors (Lipinski definition) is 2. The van der Waals surface area contributed by atoms with Gasteiger partial charge in [0.1, 0.15) is 5.75 Å². The Morgan fingerprint density at radius 3 is 2.58 bits per heavy atom. The molecule has 4 rings (SSSR count). The summed E-state index contributed by atoms with van der Waals surface area (Å²) in [5.74, 6) is 0.188. The van der Waals surface area contributed by atoms with Gasteiger partial charge in [-0.2, -0.15) is 17.9 Å². The molecule has 0 saturated heterocycles. The van der Waals surface area contributed by atoms with E-state index in [0.717, 1.165) is 32.6 Å². The van der Waals surface area contributed by atoms with E-state index in [9.17, 15) is 18.4 Å². The van der Waals surface area contributed by atoms with Crippen molar-refractivity contribution in [1.82, 2.24) is 15.0 Å². The summed E-state index contributed by atoms with van der Waals surface area (Å²) in [5.41, 5.74) is 4.84. The predicted octanol–water partition coefficient (Wildman–Crippen LogP) is 7.43. The monoisotopic (exact) mass is 499 g/mol. The van der Waals surface area contributed by atoms with E-state index in [1.807, 2.05) is 30.3 Å². The van der Waals surface area contributed by atoms with Crippen molar-refractivity contribution in [2.75, 3.05) is 0 Å². The maximum Gasteiger partial charge on any atom is 0.391 e. The Morgan fingerprint density at radius 1 is 1.14 bits per heavy atom. The summed E-state index contributed by atoms with van der Waals surface area (Å²) in [6.45, 7) is 9.36. The minimum absolute atomic E-state index is 0.00587. The minimum atomic E-state index is -4.22. The van der Waals surface area contributed by atoms with Crippen LogP contribution in [0.5, 0.6) is 5.75 Å². The third kappa shape index (κ3) is 5.37. The Labute approximate surface area is 209 Å². The van der Waals surface area contributed by atoms with Crippen molar-refractivity contribution in [3.8, 4) is 17.1 Å². The number of aryl methyl sites for hydroxylation is 1. The number of nitrogens with zero attached hydrogens (tertiary/aromatic N) is 2. The molecule has 3 aliphatic heterocycles. The summed E-state index contributed by atoms with van der Waals surface area (Å²) >= 11 is 0. The molecule has 3 heterocycles. The fourth-order valence-corrected chi connectivity index (χ4v) is 4.26. The van der Waals surface area contributed by atoms with Gasteiger partial charge < -0.3 is 15.3 Å². The Bertz CT molecular complexity index is 1280. The molecule has 0 bridgehead atoms. The summed E-state index contributed by atoms with van der Waals surface area (Å²) in [6, 6.07) is 11.5. The molecule has 0 spiro atoms. The van der Waals surface area contributed by atoms with Gasteiger partial charge in [-0.3, -0.25) is 0 Å². The Morgan fingerprint density at radius 2 is 1.89 bits per heavy atom. The van der Waals surface area contributed by atoms with Gasteiger partial charge >= 0.3 is 6.18 Å². The number of benzene rings is 1. The molecule has 1 aromatic carbocycles. The van der Waals surface area contributed by atoms with Crippen LogP contribution >= 0.6 is 0 Å². The van der Waals surface area contributed by atoms with Crippen LogP contribution in [0.1, 0.15) is 63.8 Å². The zero-order valence-corrected chi connectivity index (χ0v) is 21.2. The molecule has 3 aliphatic rings. The normalized spacial score (nSPS) is 15.6. The number of alkyl halides is 3. The van der Waals surface area contributed by atoms with E-state index in [-0.39, 0.29) is 11.8 Å². The SMILES string of the molecule is Cc1cc(C2=C(Oc3cccc(C(C)(C)C)c3)NC=C(CCC(C)C(F)(F)F)C2)c2ccnc-2n1O. The van der Waals surface area contributed by atoms with E-state index in [1.54, 1.807) is 19.3 Å². The second kappa shape index (κ2) is 9.56. The van der Waals surface area contributed by atoms with Crippen LogP contribution in [0, 0.1) is 12.8 Å². The summed E-state index contributed by atoms with van der Waals surface area (Å²) in [7, 11) is 0. The van der Waals surface area contributed by atoms with Crippen LogP contribution in [0.2, 0.25) is 0 Å². The van der Waals surface area contributed by atoms with Crippen molar-refractivity contribution >= 4 is 5.57 Å². The van der Waals surface area contributed by atoms with Crippen molar-refractivity contribution < 1.29 is 23.1 Å². The highest BCUT2D eigenvalue weighted by Crippen LogP contribution is 2.39. The van der Waals surface area contributed by atoms with Crippen LogP contribution in [0.15, 0.2) is 60.3 Å². The van der Waals surface area contributed by atoms with Gasteiger partial charge in [0, 0.05) is 30.0 Å². The molecule has 1 unspecified atom stereocenters. The first-order chi connectivity index (χ1) is 16.8. The summed E-state index contributed by atoms with van der Waals surface area (Å²) < 4.78 is 46.6. The largest absolute Gasteiger partial charge is 0.441 e. The quantitative estimate of drug-likeness (QED) is 0.346. The second-order valence-electron chi connectivity index (χ2n) is 10.5. The van der Waals surface area contributed by atoms with E-state index in [4.69, 9.17) is 4.74 Å². The van der Waals surface area contributed by atoms with E-state index in [1.165, 1.54) is 6.92 Å². The lowest BCUT2D eigenvalue weighted by atomic mass is 9.87. The second-order valence-corrected chi connectivity index (χ2v) is 10.5. The van der Waals surface area contributed by atoms with E-state index in [2.05, 4.69) is 37.1 Å². The van der Waals surface area contributed by atoms with Crippen molar-refractivity contribution in [2.24, 2.45) is 5.92 Å². The van der Waals surface area contributed by atoms with E-state index >= 15 is 0 Å². The van der Waals surface area contributed by atoms with Gasteiger partial charge in [-0.1, -0.05) is 39.8 Å². The molecule has 1 atom stereocenters. The number of allylic oxidation sites excluding steroid dienone is 2. The first-order valence-electron chi connectivity index (χ1n) is 12.0. The summed E-state index contributed by atoms with van der Waals surface area (Å²) in [6.07, 6.45) is -0.124. The van der Waals surface area contributed by atoms with Crippen LogP contribution in [0.25, 0.3) is 17.0 Å². The maximum atomic E-state index is 13.1. The zero-order valence-electron chi connectivity index (χ0n) is 21.2. The molecule has 1 aromatic rings. The van der Waals surface area contributed by atoms with Crippen molar-refractivity contribution in [3.63, 3.8) is 0 Å². The molecule has 192 valence electrons. The number of nitrogens with one attached hydrogen (secondary N) is 1. The summed E-state index contributed by atoms with van der Waals surface area (Å²) in [5, 5.41) is 13.6. The maximum absolute atomic E-state index is 13.1. The fourth-order valence-electron chi connectivity index (χ4n) is 4.26. The van der Waals surface area contributed by atoms with Crippen molar-refractivity contribution in [3.05, 3.63) is 77.1 Å². The van der Waals surface area contributed by atoms with Gasteiger partial charge in [-0.25, -0.2) is 4.98 Å². The zero-order chi connectivity index (χ0) is 26.3. The molecule has 0 fully saturated rings. The highest BCUT2D eigenvalue weighted by Gasteiger charge is 2.35. The van der Waals surface area contributed by atoms with E-state index < -0.39 is 12.1 Å². The van der Waals surface area contributed by atoms with Crippen molar-refractivity contribution in [1.29, 1.82) is 0 Å². The van der Waals surface area contributed by atoms with Crippen molar-refractivity contribution in [2.45, 2.75) is 65.5 Å². The predicted molar refractivity (Wildman–Crippen MR) is 134 cm³/mol. The molecule has 2 N–H and O–H groups in total. The third-order valence-corrected chi connectivity index (χ3v) is 6.64. The number of halogens is 3. The lowest BCUT2D eigenvalue weighted by Crippen LogP contribution is -2.22. The highest BCUT2D eigenvalue weighted by atomic mass is 19.4.